The number of benzene rings is 2. The summed E-state index contributed by atoms with van der Waals surface area (Å²) in [6.45, 7) is 6.90. The van der Waals surface area contributed by atoms with Crippen LogP contribution in [0, 0.1) is 6.92 Å². The number of aryl methyl sites for hydroxylation is 1. The monoisotopic (exact) mass is 429 g/mol. The van der Waals surface area contributed by atoms with Crippen LogP contribution in [0.25, 0.3) is 10.9 Å². The van der Waals surface area contributed by atoms with Gasteiger partial charge in [0.2, 0.25) is 0 Å². The minimum absolute atomic E-state index is 0.139. The summed E-state index contributed by atoms with van der Waals surface area (Å²) in [4.78, 5) is 8.98. The molecule has 6 nitrogen and oxygen atoms in total. The second-order valence-electron chi connectivity index (χ2n) is 7.39. The minimum Gasteiger partial charge on any atom is -0.505 e. The topological polar surface area (TPSA) is 76.5 Å². The Morgan fingerprint density at radius 3 is 2.53 bits per heavy atom. The van der Waals surface area contributed by atoms with E-state index in [-0.39, 0.29) is 11.8 Å². The lowest BCUT2D eigenvalue weighted by atomic mass is 9.95. The van der Waals surface area contributed by atoms with Gasteiger partial charge in [-0.05, 0) is 56.7 Å². The molecule has 2 N–H and O–H groups in total. The lowest BCUT2D eigenvalue weighted by molar-refractivity contribution is 0.287. The van der Waals surface area contributed by atoms with Crippen LogP contribution in [-0.4, -0.2) is 28.3 Å². The largest absolute Gasteiger partial charge is 0.505 e. The zero-order chi connectivity index (χ0) is 22.5. The van der Waals surface area contributed by atoms with Gasteiger partial charge in [0.15, 0.2) is 11.5 Å². The first-order valence-electron chi connectivity index (χ1n) is 10.8. The molecule has 6 heteroatoms. The molecule has 0 aliphatic carbocycles. The van der Waals surface area contributed by atoms with E-state index in [9.17, 15) is 5.11 Å². The summed E-state index contributed by atoms with van der Waals surface area (Å²) < 4.78 is 11.6. The first-order chi connectivity index (χ1) is 15.6. The first kappa shape index (κ1) is 21.4. The van der Waals surface area contributed by atoms with E-state index in [4.69, 9.17) is 9.47 Å². The molecule has 0 unspecified atom stereocenters. The van der Waals surface area contributed by atoms with E-state index in [1.807, 2.05) is 81.4 Å². The third-order valence-corrected chi connectivity index (χ3v) is 5.17. The molecule has 2 heterocycles. The number of phenolic OH excluding ortho intramolecular Hbond substituents is 1. The van der Waals surface area contributed by atoms with Gasteiger partial charge in [-0.25, -0.2) is 4.98 Å². The fourth-order valence-corrected chi connectivity index (χ4v) is 3.74. The molecule has 0 radical (unpaired) electrons. The predicted octanol–water partition coefficient (Wildman–Crippen LogP) is 5.64. The summed E-state index contributed by atoms with van der Waals surface area (Å²) >= 11 is 0. The number of hydrogen-bond acceptors (Lipinski definition) is 6. The van der Waals surface area contributed by atoms with Crippen molar-refractivity contribution in [3.05, 3.63) is 83.7 Å². The zero-order valence-corrected chi connectivity index (χ0v) is 18.5. The number of ether oxygens (including phenoxy) is 2. The molecule has 0 aliphatic rings. The summed E-state index contributed by atoms with van der Waals surface area (Å²) in [5.74, 6) is 2.20. The van der Waals surface area contributed by atoms with Crippen molar-refractivity contribution in [2.75, 3.05) is 18.5 Å². The fourth-order valence-electron chi connectivity index (χ4n) is 3.74. The molecule has 0 amide bonds. The van der Waals surface area contributed by atoms with E-state index in [0.717, 1.165) is 16.6 Å². The number of pyridine rings is 2. The van der Waals surface area contributed by atoms with Crippen LogP contribution in [0.15, 0.2) is 66.9 Å². The smallest absolute Gasteiger partial charge is 0.161 e. The van der Waals surface area contributed by atoms with Crippen LogP contribution in [0.5, 0.6) is 17.2 Å². The van der Waals surface area contributed by atoms with Crippen molar-refractivity contribution in [1.29, 1.82) is 0 Å². The van der Waals surface area contributed by atoms with Crippen molar-refractivity contribution in [2.45, 2.75) is 26.8 Å². The maximum Gasteiger partial charge on any atom is 0.161 e. The van der Waals surface area contributed by atoms with Crippen LogP contribution in [0.2, 0.25) is 0 Å². The molecule has 0 fully saturated rings. The highest BCUT2D eigenvalue weighted by Gasteiger charge is 2.22. The molecule has 4 aromatic rings. The zero-order valence-electron chi connectivity index (χ0n) is 18.5. The highest BCUT2D eigenvalue weighted by molar-refractivity contribution is 5.86. The summed E-state index contributed by atoms with van der Waals surface area (Å²) in [6, 6.07) is 18.9. The van der Waals surface area contributed by atoms with Crippen molar-refractivity contribution < 1.29 is 14.6 Å². The van der Waals surface area contributed by atoms with Gasteiger partial charge in [-0.15, -0.1) is 0 Å². The lowest BCUT2D eigenvalue weighted by Crippen LogP contribution is -2.14. The molecule has 2 aromatic heterocycles. The number of anilines is 1. The highest BCUT2D eigenvalue weighted by Crippen LogP contribution is 2.39. The molecule has 0 saturated heterocycles. The van der Waals surface area contributed by atoms with E-state index < -0.39 is 0 Å². The van der Waals surface area contributed by atoms with E-state index >= 15 is 0 Å². The summed E-state index contributed by atoms with van der Waals surface area (Å²) in [7, 11) is 0. The van der Waals surface area contributed by atoms with E-state index in [1.54, 1.807) is 6.20 Å². The number of fused-ring (bicyclic) bond motifs is 1. The normalized spacial score (nSPS) is 11.8. The number of nitrogens with zero attached hydrogens (tertiary/aromatic N) is 2. The summed E-state index contributed by atoms with van der Waals surface area (Å²) in [5.41, 5.74) is 3.07. The minimum atomic E-state index is -0.384. The Hall–Kier alpha value is -3.80. The molecule has 4 rings (SSSR count). The molecule has 0 bridgehead atoms. The van der Waals surface area contributed by atoms with Gasteiger partial charge in [-0.1, -0.05) is 30.3 Å². The number of phenols is 1. The van der Waals surface area contributed by atoms with Gasteiger partial charge in [-0.3, -0.25) is 4.98 Å². The molecule has 164 valence electrons. The van der Waals surface area contributed by atoms with Crippen LogP contribution in [0.1, 0.15) is 36.7 Å². The molecule has 0 saturated carbocycles. The average Bonchev–Trinajstić information content (AvgIpc) is 2.80. The number of nitrogens with one attached hydrogen (secondary N) is 1. The Kier molecular flexibility index (Phi) is 6.40. The van der Waals surface area contributed by atoms with Gasteiger partial charge < -0.3 is 19.9 Å². The lowest BCUT2D eigenvalue weighted by Gasteiger charge is -2.23. The van der Waals surface area contributed by atoms with Gasteiger partial charge in [0.1, 0.15) is 17.1 Å². The molecule has 1 atom stereocenters. The molecule has 2 aromatic carbocycles. The van der Waals surface area contributed by atoms with Crippen molar-refractivity contribution in [3.8, 4) is 17.2 Å². The molecular formula is C26H27N3O3. The van der Waals surface area contributed by atoms with Crippen molar-refractivity contribution >= 4 is 16.7 Å². The Morgan fingerprint density at radius 2 is 1.75 bits per heavy atom. The third-order valence-electron chi connectivity index (χ3n) is 5.17. The van der Waals surface area contributed by atoms with Crippen LogP contribution in [-0.2, 0) is 0 Å². The Balaban J connectivity index is 1.85. The number of hydrogen-bond donors (Lipinski definition) is 2. The highest BCUT2D eigenvalue weighted by atomic mass is 16.5. The number of aromatic hydroxyl groups is 1. The standard InChI is InChI=1S/C26H27N3O3/c1-4-31-21-14-12-19(16-22(21)32-5-2)24(29-23-10-6-8-17(3)28-23)20-13-11-18-9-7-15-27-25(18)26(20)30/h6-16,24,30H,4-5H2,1-3H3,(H,28,29)/t24-/m0/s1. The maximum atomic E-state index is 11.1. The van der Waals surface area contributed by atoms with E-state index in [0.29, 0.717) is 41.6 Å². The molecule has 0 aliphatic heterocycles. The predicted molar refractivity (Wildman–Crippen MR) is 127 cm³/mol. The van der Waals surface area contributed by atoms with E-state index in [2.05, 4.69) is 15.3 Å². The van der Waals surface area contributed by atoms with Crippen LogP contribution in [0.4, 0.5) is 5.82 Å². The Bertz CT molecular complexity index is 1230. The second kappa shape index (κ2) is 9.56. The number of rotatable bonds is 8. The van der Waals surface area contributed by atoms with Gasteiger partial charge in [0, 0.05) is 22.8 Å². The SMILES string of the molecule is CCOc1ccc([C@H](Nc2cccc(C)n2)c2ccc3cccnc3c2O)cc1OCC. The van der Waals surface area contributed by atoms with Crippen molar-refractivity contribution in [3.63, 3.8) is 0 Å². The van der Waals surface area contributed by atoms with Gasteiger partial charge in [0.25, 0.3) is 0 Å². The average molecular weight is 430 g/mol. The fraction of sp³-hybridized carbons (Fsp3) is 0.231. The molecular weight excluding hydrogens is 402 g/mol. The van der Waals surface area contributed by atoms with Crippen LogP contribution in [0.3, 0.4) is 0 Å². The maximum absolute atomic E-state index is 11.1. The third kappa shape index (κ3) is 4.44. The molecule has 32 heavy (non-hydrogen) atoms. The second-order valence-corrected chi connectivity index (χ2v) is 7.39. The first-order valence-corrected chi connectivity index (χ1v) is 10.8. The quantitative estimate of drug-likeness (QED) is 0.377. The summed E-state index contributed by atoms with van der Waals surface area (Å²) in [5, 5.41) is 15.5. The van der Waals surface area contributed by atoms with E-state index in [1.165, 1.54) is 0 Å². The van der Waals surface area contributed by atoms with Gasteiger partial charge >= 0.3 is 0 Å². The Labute approximate surface area is 187 Å². The number of aromatic nitrogens is 2. The van der Waals surface area contributed by atoms with Gasteiger partial charge in [-0.2, -0.15) is 0 Å². The van der Waals surface area contributed by atoms with Gasteiger partial charge in [0.05, 0.1) is 19.3 Å². The van der Waals surface area contributed by atoms with Crippen molar-refractivity contribution in [2.24, 2.45) is 0 Å². The summed E-state index contributed by atoms with van der Waals surface area (Å²) in [6.07, 6.45) is 1.68. The molecule has 0 spiro atoms. The van der Waals surface area contributed by atoms with Crippen molar-refractivity contribution in [1.82, 2.24) is 9.97 Å². The van der Waals surface area contributed by atoms with Crippen LogP contribution < -0.4 is 14.8 Å². The Morgan fingerprint density at radius 1 is 0.938 bits per heavy atom. The van der Waals surface area contributed by atoms with Crippen LogP contribution >= 0.6 is 0 Å².